The van der Waals surface area contributed by atoms with Crippen molar-refractivity contribution in [3.63, 3.8) is 0 Å². The topological polar surface area (TPSA) is 91.2 Å². The number of ether oxygens (including phenoxy) is 1. The first-order valence-electron chi connectivity index (χ1n) is 10.4. The molecule has 2 aromatic rings. The summed E-state index contributed by atoms with van der Waals surface area (Å²) in [7, 11) is 1.30. The third kappa shape index (κ3) is 5.59. The lowest BCUT2D eigenvalue weighted by Gasteiger charge is -2.29. The number of nitrogens with one attached hydrogen (secondary N) is 2. The molecule has 3 rings (SSSR count). The first-order chi connectivity index (χ1) is 15.9. The predicted octanol–water partition coefficient (Wildman–Crippen LogP) is 5.14. The predicted molar refractivity (Wildman–Crippen MR) is 132 cm³/mol. The molecule has 1 aliphatic heterocycles. The highest BCUT2D eigenvalue weighted by Crippen LogP contribution is 2.43. The molecule has 2 N–H and O–H groups in total. The van der Waals surface area contributed by atoms with Crippen molar-refractivity contribution in [3.05, 3.63) is 86.6 Å². The highest BCUT2D eigenvalue weighted by Gasteiger charge is 2.36. The van der Waals surface area contributed by atoms with Gasteiger partial charge in [-0.2, -0.15) is 5.26 Å². The summed E-state index contributed by atoms with van der Waals surface area (Å²) in [6.45, 7) is 3.81. The van der Waals surface area contributed by atoms with Gasteiger partial charge in [0, 0.05) is 16.4 Å². The maximum atomic E-state index is 12.6. The lowest BCUT2D eigenvalue weighted by atomic mass is 9.82. The molecule has 170 valence electrons. The first-order valence-corrected chi connectivity index (χ1v) is 11.7. The van der Waals surface area contributed by atoms with Gasteiger partial charge < -0.3 is 15.4 Å². The minimum atomic E-state index is -0.704. The maximum Gasteiger partial charge on any atom is 0.336 e. The van der Waals surface area contributed by atoms with Gasteiger partial charge in [0.2, 0.25) is 5.91 Å². The number of carbonyl (C=O) groups excluding carboxylic acids is 2. The van der Waals surface area contributed by atoms with E-state index in [9.17, 15) is 14.9 Å². The number of amides is 1. The number of anilines is 1. The Hall–Kier alpha value is -3.21. The third-order valence-electron chi connectivity index (χ3n) is 5.26. The molecule has 0 spiro atoms. The molecule has 0 saturated heterocycles. The Kier molecular flexibility index (Phi) is 8.21. The van der Waals surface area contributed by atoms with Gasteiger partial charge in [-0.25, -0.2) is 4.79 Å². The molecule has 33 heavy (non-hydrogen) atoms. The van der Waals surface area contributed by atoms with Gasteiger partial charge in [0.1, 0.15) is 0 Å². The van der Waals surface area contributed by atoms with Crippen LogP contribution in [0.15, 0.2) is 70.4 Å². The zero-order chi connectivity index (χ0) is 24.0. The van der Waals surface area contributed by atoms with E-state index in [2.05, 4.69) is 23.6 Å². The molecule has 0 radical (unpaired) electrons. The van der Waals surface area contributed by atoms with Crippen LogP contribution in [-0.2, 0) is 20.7 Å². The molecule has 1 heterocycles. The van der Waals surface area contributed by atoms with Crippen LogP contribution < -0.4 is 10.6 Å². The number of methoxy groups -OCH3 is 1. The third-order valence-corrected chi connectivity index (χ3v) is 6.62. The summed E-state index contributed by atoms with van der Waals surface area (Å²) >= 11 is 7.63. The van der Waals surface area contributed by atoms with E-state index >= 15 is 0 Å². The summed E-state index contributed by atoms with van der Waals surface area (Å²) < 4.78 is 4.98. The normalized spacial score (nSPS) is 15.5. The van der Waals surface area contributed by atoms with Crippen LogP contribution in [0.25, 0.3) is 0 Å². The van der Waals surface area contributed by atoms with Crippen molar-refractivity contribution < 1.29 is 14.3 Å². The van der Waals surface area contributed by atoms with Gasteiger partial charge in [-0.05, 0) is 42.7 Å². The number of esters is 1. The van der Waals surface area contributed by atoms with Gasteiger partial charge in [0.05, 0.1) is 41.0 Å². The lowest BCUT2D eigenvalue weighted by molar-refractivity contribution is -0.136. The number of allylic oxidation sites excluding steroid dienone is 2. The number of aryl methyl sites for hydroxylation is 1. The fourth-order valence-corrected chi connectivity index (χ4v) is 4.72. The van der Waals surface area contributed by atoms with Crippen LogP contribution in [-0.4, -0.2) is 24.7 Å². The summed E-state index contributed by atoms with van der Waals surface area (Å²) in [5.74, 6) is -1.37. The number of nitrogens with zero attached hydrogens (tertiary/aromatic N) is 1. The standard InChI is InChI=1S/C25H24ClN3O3S/c1-4-16-9-11-17(12-10-16)29-21(30)14-33-24-19(13-27)23(18-7-5-6-8-20(18)26)22(15(2)28-24)25(31)32-3/h5-12,23,28H,4,14H2,1-3H3,(H,29,30)/t23-/m0/s1. The number of carbonyl (C=O) groups is 2. The molecule has 0 fully saturated rings. The Morgan fingerprint density at radius 3 is 2.52 bits per heavy atom. The molecular weight excluding hydrogens is 458 g/mol. The second-order valence-electron chi connectivity index (χ2n) is 7.35. The molecule has 6 nitrogen and oxygen atoms in total. The highest BCUT2D eigenvalue weighted by atomic mass is 35.5. The van der Waals surface area contributed by atoms with Crippen molar-refractivity contribution in [1.29, 1.82) is 5.26 Å². The van der Waals surface area contributed by atoms with Crippen LogP contribution in [0, 0.1) is 11.3 Å². The number of nitriles is 1. The summed E-state index contributed by atoms with van der Waals surface area (Å²) in [4.78, 5) is 25.1. The monoisotopic (exact) mass is 481 g/mol. The van der Waals surface area contributed by atoms with Crippen LogP contribution in [0.4, 0.5) is 5.69 Å². The second-order valence-corrected chi connectivity index (χ2v) is 8.74. The average Bonchev–Trinajstić information content (AvgIpc) is 2.82. The van der Waals surface area contributed by atoms with Crippen LogP contribution in [0.3, 0.4) is 0 Å². The Balaban J connectivity index is 1.87. The van der Waals surface area contributed by atoms with Gasteiger partial charge in [-0.1, -0.05) is 60.6 Å². The van der Waals surface area contributed by atoms with Crippen LogP contribution in [0.5, 0.6) is 0 Å². The van der Waals surface area contributed by atoms with Crippen molar-refractivity contribution in [2.75, 3.05) is 18.2 Å². The average molecular weight is 482 g/mol. The maximum absolute atomic E-state index is 12.6. The van der Waals surface area contributed by atoms with E-state index in [4.69, 9.17) is 16.3 Å². The fraction of sp³-hybridized carbons (Fsp3) is 0.240. The number of benzene rings is 2. The Labute approximate surface area is 202 Å². The van der Waals surface area contributed by atoms with E-state index in [1.54, 1.807) is 31.2 Å². The molecule has 0 bridgehead atoms. The Morgan fingerprint density at radius 2 is 1.91 bits per heavy atom. The van der Waals surface area contributed by atoms with Gasteiger partial charge in [-0.15, -0.1) is 0 Å². The van der Waals surface area contributed by atoms with Gasteiger partial charge in [-0.3, -0.25) is 4.79 Å². The molecule has 2 aromatic carbocycles. The SMILES string of the molecule is CCc1ccc(NC(=O)CSC2=C(C#N)[C@H](c3ccccc3Cl)C(C(=O)OC)=C(C)N2)cc1. The summed E-state index contributed by atoms with van der Waals surface area (Å²) in [6.07, 6.45) is 0.924. The summed E-state index contributed by atoms with van der Waals surface area (Å²) in [5.41, 5.74) is 3.68. The molecule has 1 atom stereocenters. The van der Waals surface area contributed by atoms with Crippen LogP contribution in [0.2, 0.25) is 5.02 Å². The minimum absolute atomic E-state index is 0.0825. The molecule has 8 heteroatoms. The number of hydrogen-bond donors (Lipinski definition) is 2. The number of rotatable bonds is 7. The lowest BCUT2D eigenvalue weighted by Crippen LogP contribution is -2.29. The molecule has 0 unspecified atom stereocenters. The molecular formula is C25H24ClN3O3S. The van der Waals surface area contributed by atoms with Crippen LogP contribution >= 0.6 is 23.4 Å². The molecule has 1 amide bonds. The van der Waals surface area contributed by atoms with Gasteiger partial charge in [0.15, 0.2) is 0 Å². The van der Waals surface area contributed by atoms with Crippen molar-refractivity contribution in [2.45, 2.75) is 26.2 Å². The highest BCUT2D eigenvalue weighted by molar-refractivity contribution is 8.03. The van der Waals surface area contributed by atoms with E-state index in [1.165, 1.54) is 24.4 Å². The van der Waals surface area contributed by atoms with E-state index in [-0.39, 0.29) is 11.7 Å². The molecule has 0 aromatic heterocycles. The Morgan fingerprint density at radius 1 is 1.21 bits per heavy atom. The Bertz CT molecular complexity index is 1170. The van der Waals surface area contributed by atoms with E-state index < -0.39 is 11.9 Å². The largest absolute Gasteiger partial charge is 0.466 e. The van der Waals surface area contributed by atoms with Crippen molar-refractivity contribution in [1.82, 2.24) is 5.32 Å². The number of hydrogen-bond acceptors (Lipinski definition) is 6. The van der Waals surface area contributed by atoms with Crippen molar-refractivity contribution in [2.24, 2.45) is 0 Å². The quantitative estimate of drug-likeness (QED) is 0.532. The molecule has 1 aliphatic rings. The minimum Gasteiger partial charge on any atom is -0.466 e. The zero-order valence-electron chi connectivity index (χ0n) is 18.6. The van der Waals surface area contributed by atoms with E-state index in [1.807, 2.05) is 24.3 Å². The van der Waals surface area contributed by atoms with Crippen molar-refractivity contribution in [3.8, 4) is 6.07 Å². The number of thioether (sulfide) groups is 1. The number of dihydropyridines is 1. The molecule has 0 saturated carbocycles. The van der Waals surface area contributed by atoms with Gasteiger partial charge in [0.25, 0.3) is 0 Å². The van der Waals surface area contributed by atoms with Gasteiger partial charge >= 0.3 is 5.97 Å². The zero-order valence-corrected chi connectivity index (χ0v) is 20.1. The second kappa shape index (κ2) is 11.1. The fourth-order valence-electron chi connectivity index (χ4n) is 3.59. The summed E-state index contributed by atoms with van der Waals surface area (Å²) in [6, 6.07) is 16.9. The van der Waals surface area contributed by atoms with Crippen LogP contribution in [0.1, 0.15) is 30.9 Å². The first kappa shape index (κ1) is 24.4. The smallest absolute Gasteiger partial charge is 0.336 e. The summed E-state index contributed by atoms with van der Waals surface area (Å²) in [5, 5.41) is 16.9. The number of halogens is 1. The van der Waals surface area contributed by atoms with E-state index in [0.717, 1.165) is 6.42 Å². The van der Waals surface area contributed by atoms with Crippen molar-refractivity contribution >= 4 is 40.9 Å². The molecule has 0 aliphatic carbocycles. The van der Waals surface area contributed by atoms with E-state index in [0.29, 0.717) is 38.1 Å².